The van der Waals surface area contributed by atoms with Crippen LogP contribution in [0.4, 0.5) is 5.69 Å². The average Bonchev–Trinajstić information content (AvgIpc) is 2.88. The van der Waals surface area contributed by atoms with Crippen LogP contribution in [0.25, 0.3) is 0 Å². The lowest BCUT2D eigenvalue weighted by Crippen LogP contribution is -2.12. The minimum atomic E-state index is -1.07. The van der Waals surface area contributed by atoms with Gasteiger partial charge in [-0.05, 0) is 25.1 Å². The molecule has 1 aromatic heterocycles. The number of aromatic carboxylic acids is 1. The van der Waals surface area contributed by atoms with Crippen molar-refractivity contribution in [3.05, 3.63) is 39.3 Å². The Labute approximate surface area is 136 Å². The van der Waals surface area contributed by atoms with Gasteiger partial charge in [-0.1, -0.05) is 0 Å². The number of anilines is 1. The number of ether oxygens (including phenoxy) is 2. The summed E-state index contributed by atoms with van der Waals surface area (Å²) in [5.74, 6) is -1.12. The highest BCUT2D eigenvalue weighted by Crippen LogP contribution is 2.27. The Morgan fingerprint density at radius 2 is 2.09 bits per heavy atom. The Balaban J connectivity index is 2.24. The number of amides is 1. The van der Waals surface area contributed by atoms with Crippen molar-refractivity contribution in [2.24, 2.45) is 0 Å². The largest absolute Gasteiger partial charge is 0.495 e. The van der Waals surface area contributed by atoms with E-state index in [9.17, 15) is 9.59 Å². The van der Waals surface area contributed by atoms with Crippen LogP contribution in [-0.4, -0.2) is 36.2 Å². The predicted molar refractivity (Wildman–Crippen MR) is 85.5 cm³/mol. The molecular formula is C15H16N2O5S. The van der Waals surface area contributed by atoms with Crippen molar-refractivity contribution < 1.29 is 24.2 Å². The van der Waals surface area contributed by atoms with E-state index in [1.165, 1.54) is 36.6 Å². The summed E-state index contributed by atoms with van der Waals surface area (Å²) in [6.45, 7) is 2.09. The molecule has 0 spiro atoms. The van der Waals surface area contributed by atoms with Gasteiger partial charge in [-0.2, -0.15) is 0 Å². The summed E-state index contributed by atoms with van der Waals surface area (Å²) in [5.41, 5.74) is 1.08. The number of methoxy groups -OCH3 is 2. The molecule has 0 unspecified atom stereocenters. The first-order valence-corrected chi connectivity index (χ1v) is 7.45. The monoisotopic (exact) mass is 336 g/mol. The second-order valence-electron chi connectivity index (χ2n) is 4.63. The number of nitrogens with one attached hydrogen (secondary N) is 1. The van der Waals surface area contributed by atoms with E-state index in [1.807, 2.05) is 0 Å². The van der Waals surface area contributed by atoms with Crippen LogP contribution in [0.15, 0.2) is 18.2 Å². The molecule has 0 aliphatic heterocycles. The van der Waals surface area contributed by atoms with Gasteiger partial charge < -0.3 is 19.9 Å². The fourth-order valence-electron chi connectivity index (χ4n) is 1.95. The van der Waals surface area contributed by atoms with E-state index in [2.05, 4.69) is 10.3 Å². The molecule has 2 aromatic rings. The fraction of sp³-hybridized carbons (Fsp3) is 0.267. The highest BCUT2D eigenvalue weighted by atomic mass is 32.1. The maximum absolute atomic E-state index is 12.4. The standard InChI is InChI=1S/C15H16N2O5S/c1-8-13(23-12(16-8)7-21-2)14(18)17-10-5-4-9(15(19)20)6-11(10)22-3/h4-6H,7H2,1-3H3,(H,17,18)(H,19,20). The van der Waals surface area contributed by atoms with Crippen molar-refractivity contribution >= 4 is 28.9 Å². The molecule has 122 valence electrons. The average molecular weight is 336 g/mol. The second-order valence-corrected chi connectivity index (χ2v) is 5.71. The number of aryl methyl sites for hydroxylation is 1. The molecule has 8 heteroatoms. The van der Waals surface area contributed by atoms with Crippen molar-refractivity contribution in [2.45, 2.75) is 13.5 Å². The number of hydrogen-bond acceptors (Lipinski definition) is 6. The van der Waals surface area contributed by atoms with Gasteiger partial charge in [0.25, 0.3) is 5.91 Å². The molecule has 0 aliphatic carbocycles. The van der Waals surface area contributed by atoms with Gasteiger partial charge in [0.15, 0.2) is 0 Å². The van der Waals surface area contributed by atoms with E-state index in [-0.39, 0.29) is 17.2 Å². The molecule has 0 bridgehead atoms. The Kier molecular flexibility index (Phi) is 5.30. The van der Waals surface area contributed by atoms with Crippen LogP contribution >= 0.6 is 11.3 Å². The predicted octanol–water partition coefficient (Wildman–Crippen LogP) is 2.56. The quantitative estimate of drug-likeness (QED) is 0.841. The van der Waals surface area contributed by atoms with Gasteiger partial charge in [0, 0.05) is 7.11 Å². The number of carboxylic acid groups (broad SMARTS) is 1. The molecule has 23 heavy (non-hydrogen) atoms. The van der Waals surface area contributed by atoms with Crippen LogP contribution in [0.1, 0.15) is 30.7 Å². The van der Waals surface area contributed by atoms with Crippen LogP contribution in [0.3, 0.4) is 0 Å². The summed E-state index contributed by atoms with van der Waals surface area (Å²) in [5, 5.41) is 12.4. The molecule has 0 fully saturated rings. The minimum absolute atomic E-state index is 0.0798. The Morgan fingerprint density at radius 1 is 1.35 bits per heavy atom. The molecule has 0 atom stereocenters. The maximum atomic E-state index is 12.4. The topological polar surface area (TPSA) is 97.8 Å². The van der Waals surface area contributed by atoms with Gasteiger partial charge in [0.05, 0.1) is 30.7 Å². The number of hydrogen-bond donors (Lipinski definition) is 2. The van der Waals surface area contributed by atoms with Crippen molar-refractivity contribution in [3.63, 3.8) is 0 Å². The summed E-state index contributed by atoms with van der Waals surface area (Å²) >= 11 is 1.25. The Bertz CT molecular complexity index is 741. The molecule has 1 amide bonds. The first-order chi connectivity index (χ1) is 11.0. The smallest absolute Gasteiger partial charge is 0.335 e. The van der Waals surface area contributed by atoms with Crippen LogP contribution in [0.2, 0.25) is 0 Å². The van der Waals surface area contributed by atoms with Gasteiger partial charge in [0.2, 0.25) is 0 Å². The minimum Gasteiger partial charge on any atom is -0.495 e. The first kappa shape index (κ1) is 16.9. The maximum Gasteiger partial charge on any atom is 0.335 e. The molecule has 0 radical (unpaired) electrons. The fourth-order valence-corrected chi connectivity index (χ4v) is 2.89. The van der Waals surface area contributed by atoms with Crippen molar-refractivity contribution in [1.82, 2.24) is 4.98 Å². The van der Waals surface area contributed by atoms with E-state index in [4.69, 9.17) is 14.6 Å². The van der Waals surface area contributed by atoms with Gasteiger partial charge in [0.1, 0.15) is 15.6 Å². The summed E-state index contributed by atoms with van der Waals surface area (Å²) in [7, 11) is 2.97. The zero-order valence-electron chi connectivity index (χ0n) is 12.9. The number of carbonyl (C=O) groups excluding carboxylic acids is 1. The molecule has 2 rings (SSSR count). The van der Waals surface area contributed by atoms with Crippen molar-refractivity contribution in [2.75, 3.05) is 19.5 Å². The van der Waals surface area contributed by atoms with E-state index in [0.29, 0.717) is 27.9 Å². The number of thiazole rings is 1. The second kappa shape index (κ2) is 7.21. The summed E-state index contributed by atoms with van der Waals surface area (Å²) in [6.07, 6.45) is 0. The Morgan fingerprint density at radius 3 is 2.70 bits per heavy atom. The first-order valence-electron chi connectivity index (χ1n) is 6.64. The van der Waals surface area contributed by atoms with Crippen LogP contribution < -0.4 is 10.1 Å². The molecule has 0 saturated carbocycles. The van der Waals surface area contributed by atoms with E-state index in [0.717, 1.165) is 0 Å². The lowest BCUT2D eigenvalue weighted by Gasteiger charge is -2.10. The van der Waals surface area contributed by atoms with Crippen LogP contribution in [0, 0.1) is 6.92 Å². The molecule has 0 aliphatic rings. The van der Waals surface area contributed by atoms with Gasteiger partial charge in [-0.3, -0.25) is 4.79 Å². The van der Waals surface area contributed by atoms with Crippen molar-refractivity contribution in [1.29, 1.82) is 0 Å². The highest BCUT2D eigenvalue weighted by molar-refractivity contribution is 7.13. The molecular weight excluding hydrogens is 320 g/mol. The van der Waals surface area contributed by atoms with Gasteiger partial charge in [-0.15, -0.1) is 11.3 Å². The van der Waals surface area contributed by atoms with Gasteiger partial charge >= 0.3 is 5.97 Å². The van der Waals surface area contributed by atoms with Crippen LogP contribution in [-0.2, 0) is 11.3 Å². The molecule has 1 aromatic carbocycles. The molecule has 1 heterocycles. The van der Waals surface area contributed by atoms with Gasteiger partial charge in [-0.25, -0.2) is 9.78 Å². The number of nitrogens with zero attached hydrogens (tertiary/aromatic N) is 1. The zero-order chi connectivity index (χ0) is 17.0. The summed E-state index contributed by atoms with van der Waals surface area (Å²) in [4.78, 5) is 28.1. The van der Waals surface area contributed by atoms with Crippen molar-refractivity contribution in [3.8, 4) is 5.75 Å². The number of rotatable bonds is 6. The van der Waals surface area contributed by atoms with Crippen LogP contribution in [0.5, 0.6) is 5.75 Å². The highest BCUT2D eigenvalue weighted by Gasteiger charge is 2.17. The van der Waals surface area contributed by atoms with E-state index in [1.54, 1.807) is 14.0 Å². The third kappa shape index (κ3) is 3.85. The number of aromatic nitrogens is 1. The lowest BCUT2D eigenvalue weighted by atomic mass is 10.2. The number of carboxylic acids is 1. The zero-order valence-corrected chi connectivity index (χ0v) is 13.7. The third-order valence-electron chi connectivity index (χ3n) is 3.01. The SMILES string of the molecule is COCc1nc(C)c(C(=O)Nc2ccc(C(=O)O)cc2OC)s1. The molecule has 2 N–H and O–H groups in total. The third-order valence-corrected chi connectivity index (χ3v) is 4.14. The molecule has 7 nitrogen and oxygen atoms in total. The number of carbonyl (C=O) groups is 2. The summed E-state index contributed by atoms with van der Waals surface area (Å²) in [6, 6.07) is 4.25. The normalized spacial score (nSPS) is 10.4. The number of benzene rings is 1. The summed E-state index contributed by atoms with van der Waals surface area (Å²) < 4.78 is 10.1. The lowest BCUT2D eigenvalue weighted by molar-refractivity contribution is 0.0696. The van der Waals surface area contributed by atoms with E-state index >= 15 is 0 Å². The van der Waals surface area contributed by atoms with E-state index < -0.39 is 5.97 Å². The Hall–Kier alpha value is -2.45. The molecule has 0 saturated heterocycles.